The molecule has 0 unspecified atom stereocenters. The van der Waals surface area contributed by atoms with E-state index in [2.05, 4.69) is 15.6 Å². The Labute approximate surface area is 153 Å². The Morgan fingerprint density at radius 2 is 1.92 bits per heavy atom. The Bertz CT molecular complexity index is 728. The SMILES string of the molecule is CCNC(=O)c1cc(O[C@H](CCOC)c2ccccc2)c(C(=O)NC)[nH]1. The quantitative estimate of drug-likeness (QED) is 0.640. The van der Waals surface area contributed by atoms with Gasteiger partial charge >= 0.3 is 0 Å². The van der Waals surface area contributed by atoms with Crippen molar-refractivity contribution in [1.82, 2.24) is 15.6 Å². The summed E-state index contributed by atoms with van der Waals surface area (Å²) in [5.74, 6) is -0.315. The van der Waals surface area contributed by atoms with Crippen molar-refractivity contribution in [2.75, 3.05) is 27.3 Å². The fourth-order valence-corrected chi connectivity index (χ4v) is 2.54. The molecule has 26 heavy (non-hydrogen) atoms. The zero-order valence-electron chi connectivity index (χ0n) is 15.3. The molecule has 1 aromatic heterocycles. The molecule has 3 N–H and O–H groups in total. The maximum absolute atomic E-state index is 12.2. The fraction of sp³-hybridized carbons (Fsp3) is 0.368. The molecule has 1 atom stereocenters. The van der Waals surface area contributed by atoms with Gasteiger partial charge in [-0.25, -0.2) is 0 Å². The van der Waals surface area contributed by atoms with E-state index in [9.17, 15) is 9.59 Å². The molecule has 0 saturated heterocycles. The lowest BCUT2D eigenvalue weighted by Gasteiger charge is -2.19. The first-order chi connectivity index (χ1) is 12.6. The van der Waals surface area contributed by atoms with Crippen molar-refractivity contribution in [3.05, 3.63) is 53.3 Å². The second-order valence-corrected chi connectivity index (χ2v) is 5.66. The van der Waals surface area contributed by atoms with Gasteiger partial charge < -0.3 is 25.1 Å². The van der Waals surface area contributed by atoms with Gasteiger partial charge in [-0.3, -0.25) is 9.59 Å². The van der Waals surface area contributed by atoms with Gasteiger partial charge in [0.15, 0.2) is 5.75 Å². The summed E-state index contributed by atoms with van der Waals surface area (Å²) in [7, 11) is 3.15. The number of amides is 2. The largest absolute Gasteiger partial charge is 0.483 e. The average Bonchev–Trinajstić information content (AvgIpc) is 3.09. The highest BCUT2D eigenvalue weighted by atomic mass is 16.5. The molecule has 0 bridgehead atoms. The summed E-state index contributed by atoms with van der Waals surface area (Å²) < 4.78 is 11.3. The van der Waals surface area contributed by atoms with Crippen molar-refractivity contribution >= 4 is 11.8 Å². The van der Waals surface area contributed by atoms with E-state index in [-0.39, 0.29) is 29.3 Å². The lowest BCUT2D eigenvalue weighted by Crippen LogP contribution is -2.23. The highest BCUT2D eigenvalue weighted by molar-refractivity contribution is 5.99. The first kappa shape index (κ1) is 19.5. The van der Waals surface area contributed by atoms with Crippen LogP contribution in [0.2, 0.25) is 0 Å². The molecule has 2 rings (SSSR count). The third-order valence-corrected chi connectivity index (χ3v) is 3.84. The first-order valence-electron chi connectivity index (χ1n) is 8.54. The van der Waals surface area contributed by atoms with Crippen molar-refractivity contribution in [1.29, 1.82) is 0 Å². The van der Waals surface area contributed by atoms with E-state index >= 15 is 0 Å². The predicted octanol–water partition coefficient (Wildman–Crippen LogP) is 2.28. The average molecular weight is 359 g/mol. The number of carbonyl (C=O) groups excluding carboxylic acids is 2. The molecule has 0 saturated carbocycles. The summed E-state index contributed by atoms with van der Waals surface area (Å²) in [6.45, 7) is 2.82. The minimum Gasteiger partial charge on any atom is -0.483 e. The number of aromatic amines is 1. The number of rotatable bonds is 9. The number of H-pyrrole nitrogens is 1. The Morgan fingerprint density at radius 3 is 2.54 bits per heavy atom. The molecule has 0 aliphatic carbocycles. The number of hydrogen-bond acceptors (Lipinski definition) is 4. The standard InChI is InChI=1S/C19H25N3O4/c1-4-21-18(23)14-12-16(17(22-14)19(24)20-2)26-15(10-11-25-3)13-8-6-5-7-9-13/h5-9,12,15,22H,4,10-11H2,1-3H3,(H,20,24)(H,21,23)/t15-/m1/s1. The summed E-state index contributed by atoms with van der Waals surface area (Å²) in [4.78, 5) is 27.1. The van der Waals surface area contributed by atoms with Gasteiger partial charge in [-0.2, -0.15) is 0 Å². The summed E-state index contributed by atoms with van der Waals surface area (Å²) in [6.07, 6.45) is 0.299. The number of ether oxygens (including phenoxy) is 2. The van der Waals surface area contributed by atoms with Crippen LogP contribution in [0.5, 0.6) is 5.75 Å². The van der Waals surface area contributed by atoms with Gasteiger partial charge in [0.25, 0.3) is 11.8 Å². The molecular weight excluding hydrogens is 334 g/mol. The zero-order valence-corrected chi connectivity index (χ0v) is 15.3. The predicted molar refractivity (Wildman–Crippen MR) is 98.5 cm³/mol. The molecule has 2 aromatic rings. The van der Waals surface area contributed by atoms with Crippen molar-refractivity contribution in [2.24, 2.45) is 0 Å². The smallest absolute Gasteiger partial charge is 0.271 e. The summed E-state index contributed by atoms with van der Waals surface area (Å²) in [5.41, 5.74) is 1.46. The Morgan fingerprint density at radius 1 is 1.19 bits per heavy atom. The molecule has 1 aromatic carbocycles. The van der Waals surface area contributed by atoms with Crippen LogP contribution in [0.25, 0.3) is 0 Å². The van der Waals surface area contributed by atoms with E-state index < -0.39 is 0 Å². The minimum absolute atomic E-state index is 0.215. The van der Waals surface area contributed by atoms with Crippen LogP contribution in [0, 0.1) is 0 Å². The van der Waals surface area contributed by atoms with Gasteiger partial charge in [0.1, 0.15) is 17.5 Å². The lowest BCUT2D eigenvalue weighted by molar-refractivity contribution is 0.0943. The third-order valence-electron chi connectivity index (χ3n) is 3.84. The van der Waals surface area contributed by atoms with Crippen LogP contribution in [0.3, 0.4) is 0 Å². The van der Waals surface area contributed by atoms with Crippen LogP contribution >= 0.6 is 0 Å². The second kappa shape index (κ2) is 9.62. The molecule has 0 aliphatic heterocycles. The Kier molecular flexibility index (Phi) is 7.23. The summed E-state index contributed by atoms with van der Waals surface area (Å²) in [5, 5.41) is 5.26. The lowest BCUT2D eigenvalue weighted by atomic mass is 10.1. The maximum Gasteiger partial charge on any atom is 0.271 e. The Hall–Kier alpha value is -2.80. The normalized spacial score (nSPS) is 11.7. The first-order valence-corrected chi connectivity index (χ1v) is 8.54. The van der Waals surface area contributed by atoms with Crippen LogP contribution in [0.1, 0.15) is 46.0 Å². The van der Waals surface area contributed by atoms with E-state index in [4.69, 9.17) is 9.47 Å². The van der Waals surface area contributed by atoms with Gasteiger partial charge in [-0.1, -0.05) is 30.3 Å². The van der Waals surface area contributed by atoms with Crippen LogP contribution in [-0.4, -0.2) is 44.1 Å². The number of methoxy groups -OCH3 is 1. The molecule has 0 radical (unpaired) electrons. The molecule has 0 fully saturated rings. The van der Waals surface area contributed by atoms with Gasteiger partial charge in [0.2, 0.25) is 0 Å². The van der Waals surface area contributed by atoms with Crippen LogP contribution < -0.4 is 15.4 Å². The molecule has 0 spiro atoms. The Balaban J connectivity index is 2.33. The van der Waals surface area contributed by atoms with Crippen molar-refractivity contribution in [3.8, 4) is 5.75 Å². The molecule has 7 nitrogen and oxygen atoms in total. The zero-order chi connectivity index (χ0) is 18.9. The molecule has 140 valence electrons. The summed E-state index contributed by atoms with van der Waals surface area (Å²) >= 11 is 0. The monoisotopic (exact) mass is 359 g/mol. The number of aromatic nitrogens is 1. The highest BCUT2D eigenvalue weighted by Gasteiger charge is 2.22. The topological polar surface area (TPSA) is 92.4 Å². The van der Waals surface area contributed by atoms with E-state index in [0.29, 0.717) is 25.3 Å². The molecule has 1 heterocycles. The maximum atomic E-state index is 12.2. The molecular formula is C19H25N3O4. The van der Waals surface area contributed by atoms with E-state index in [1.807, 2.05) is 37.3 Å². The number of nitrogens with one attached hydrogen (secondary N) is 3. The second-order valence-electron chi connectivity index (χ2n) is 5.66. The van der Waals surface area contributed by atoms with E-state index in [1.54, 1.807) is 13.2 Å². The number of hydrogen-bond donors (Lipinski definition) is 3. The van der Waals surface area contributed by atoms with Crippen LogP contribution in [0.15, 0.2) is 36.4 Å². The fourth-order valence-electron chi connectivity index (χ4n) is 2.54. The molecule has 0 aliphatic rings. The highest BCUT2D eigenvalue weighted by Crippen LogP contribution is 2.29. The van der Waals surface area contributed by atoms with E-state index in [1.165, 1.54) is 7.05 Å². The van der Waals surface area contributed by atoms with Crippen molar-refractivity contribution in [3.63, 3.8) is 0 Å². The van der Waals surface area contributed by atoms with Crippen LogP contribution in [0.4, 0.5) is 0 Å². The van der Waals surface area contributed by atoms with Crippen molar-refractivity contribution < 1.29 is 19.1 Å². The van der Waals surface area contributed by atoms with Gasteiger partial charge in [-0.05, 0) is 12.5 Å². The number of carbonyl (C=O) groups is 2. The molecule has 2 amide bonds. The van der Waals surface area contributed by atoms with Crippen molar-refractivity contribution in [2.45, 2.75) is 19.4 Å². The van der Waals surface area contributed by atoms with Gasteiger partial charge in [0, 0.05) is 33.2 Å². The third kappa shape index (κ3) is 4.86. The minimum atomic E-state index is -0.353. The summed E-state index contributed by atoms with van der Waals surface area (Å²) in [6, 6.07) is 11.2. The van der Waals surface area contributed by atoms with Gasteiger partial charge in [0.05, 0.1) is 6.61 Å². The molecule has 7 heteroatoms. The van der Waals surface area contributed by atoms with Gasteiger partial charge in [-0.15, -0.1) is 0 Å². The van der Waals surface area contributed by atoms with E-state index in [0.717, 1.165) is 5.56 Å². The van der Waals surface area contributed by atoms with Crippen LogP contribution in [-0.2, 0) is 4.74 Å². The number of benzene rings is 1.